The van der Waals surface area contributed by atoms with Crippen molar-refractivity contribution in [2.24, 2.45) is 0 Å². The summed E-state index contributed by atoms with van der Waals surface area (Å²) in [5.74, 6) is -0.929. The number of ether oxygens (including phenoxy) is 3. The van der Waals surface area contributed by atoms with Crippen molar-refractivity contribution >= 4 is 17.9 Å². The fraction of sp³-hybridized carbons (Fsp3) is 0.672. The molecule has 0 aliphatic rings. The maximum Gasteiger partial charge on any atom is 0.306 e. The highest BCUT2D eigenvalue weighted by Gasteiger charge is 2.19. The van der Waals surface area contributed by atoms with Gasteiger partial charge in [-0.05, 0) is 109 Å². The van der Waals surface area contributed by atoms with Crippen LogP contribution in [0.25, 0.3) is 0 Å². The highest BCUT2D eigenvalue weighted by Crippen LogP contribution is 2.14. The lowest BCUT2D eigenvalue weighted by molar-refractivity contribution is -0.167. The van der Waals surface area contributed by atoms with Gasteiger partial charge >= 0.3 is 17.9 Å². The third-order valence-corrected chi connectivity index (χ3v) is 12.0. The summed E-state index contributed by atoms with van der Waals surface area (Å²) in [7, 11) is 0. The predicted molar refractivity (Wildman–Crippen MR) is 302 cm³/mol. The minimum Gasteiger partial charge on any atom is -0.462 e. The molecule has 0 radical (unpaired) electrons. The van der Waals surface area contributed by atoms with Gasteiger partial charge in [0.2, 0.25) is 0 Å². The summed E-state index contributed by atoms with van der Waals surface area (Å²) < 4.78 is 16.8. The number of unbranched alkanes of at least 4 members (excludes halogenated alkanes) is 22. The largest absolute Gasteiger partial charge is 0.462 e. The standard InChI is InChI=1S/C64H106O6/c1-4-7-10-13-16-19-21-23-25-26-27-28-29-30-31-32-33-34-35-36-37-38-40-41-43-45-48-51-54-57-63(66)69-60-61(59-68-62(65)56-53-50-47-18-15-12-9-6-3)70-64(67)58-55-52-49-46-44-42-39-24-22-20-17-14-11-8-5-2/h7,10,16,19,23-25,27-28,30-31,33-34,36-37,39-41,61H,4-6,8-9,11-15,17-18,20-22,26,29,32,35,38,42-60H2,1-3H3/b10-7-,19-16-,25-23-,28-27-,31-30-,34-33-,37-36-,39-24-,41-40-. The number of hydrogen-bond acceptors (Lipinski definition) is 6. The van der Waals surface area contributed by atoms with Gasteiger partial charge in [0, 0.05) is 19.3 Å². The van der Waals surface area contributed by atoms with E-state index in [9.17, 15) is 14.4 Å². The third-order valence-electron chi connectivity index (χ3n) is 12.0. The lowest BCUT2D eigenvalue weighted by Crippen LogP contribution is -2.30. The van der Waals surface area contributed by atoms with Crippen LogP contribution in [0.2, 0.25) is 0 Å². The van der Waals surface area contributed by atoms with Crippen molar-refractivity contribution in [3.8, 4) is 0 Å². The summed E-state index contributed by atoms with van der Waals surface area (Å²) in [5, 5.41) is 0. The topological polar surface area (TPSA) is 78.9 Å². The minimum atomic E-state index is -0.791. The molecule has 1 atom stereocenters. The van der Waals surface area contributed by atoms with Crippen LogP contribution in [-0.4, -0.2) is 37.2 Å². The molecule has 0 bridgehead atoms. The number of carbonyl (C=O) groups is 3. The maximum absolute atomic E-state index is 12.8. The van der Waals surface area contributed by atoms with Crippen molar-refractivity contribution in [3.05, 3.63) is 109 Å². The summed E-state index contributed by atoms with van der Waals surface area (Å²) >= 11 is 0. The van der Waals surface area contributed by atoms with E-state index in [4.69, 9.17) is 14.2 Å². The number of allylic oxidation sites excluding steroid dienone is 18. The van der Waals surface area contributed by atoms with Crippen LogP contribution in [0.15, 0.2) is 109 Å². The molecule has 0 heterocycles. The molecule has 0 aromatic heterocycles. The number of rotatable bonds is 51. The van der Waals surface area contributed by atoms with Gasteiger partial charge in [0.1, 0.15) is 13.2 Å². The molecule has 0 saturated carbocycles. The first-order valence-electron chi connectivity index (χ1n) is 28.9. The second-order valence-corrected chi connectivity index (χ2v) is 18.8. The number of carbonyl (C=O) groups excluding carboxylic acids is 3. The first kappa shape index (κ1) is 66.1. The first-order chi connectivity index (χ1) is 34.5. The van der Waals surface area contributed by atoms with Crippen LogP contribution in [-0.2, 0) is 28.6 Å². The lowest BCUT2D eigenvalue weighted by Gasteiger charge is -2.18. The molecule has 0 aliphatic carbocycles. The van der Waals surface area contributed by atoms with E-state index < -0.39 is 6.10 Å². The molecule has 6 nitrogen and oxygen atoms in total. The Morgan fingerprint density at radius 2 is 0.557 bits per heavy atom. The Morgan fingerprint density at radius 1 is 0.300 bits per heavy atom. The van der Waals surface area contributed by atoms with E-state index in [0.717, 1.165) is 135 Å². The van der Waals surface area contributed by atoms with Crippen LogP contribution >= 0.6 is 0 Å². The average molecular weight is 972 g/mol. The normalized spacial score (nSPS) is 12.9. The molecule has 0 amide bonds. The van der Waals surface area contributed by atoms with Crippen molar-refractivity contribution < 1.29 is 28.6 Å². The highest BCUT2D eigenvalue weighted by molar-refractivity contribution is 5.71. The molecule has 70 heavy (non-hydrogen) atoms. The van der Waals surface area contributed by atoms with E-state index in [1.165, 1.54) is 83.5 Å². The molecular formula is C64H106O6. The molecular weight excluding hydrogens is 865 g/mol. The van der Waals surface area contributed by atoms with E-state index in [1.807, 2.05) is 0 Å². The Kier molecular flexibility index (Phi) is 54.4. The van der Waals surface area contributed by atoms with E-state index in [2.05, 4.69) is 130 Å². The smallest absolute Gasteiger partial charge is 0.306 e. The van der Waals surface area contributed by atoms with Crippen molar-refractivity contribution in [1.82, 2.24) is 0 Å². The van der Waals surface area contributed by atoms with Crippen LogP contribution in [0.5, 0.6) is 0 Å². The lowest BCUT2D eigenvalue weighted by atomic mass is 10.1. The van der Waals surface area contributed by atoms with Gasteiger partial charge in [-0.15, -0.1) is 0 Å². The molecule has 0 aromatic rings. The fourth-order valence-corrected chi connectivity index (χ4v) is 7.69. The van der Waals surface area contributed by atoms with Crippen molar-refractivity contribution in [3.63, 3.8) is 0 Å². The zero-order chi connectivity index (χ0) is 50.7. The van der Waals surface area contributed by atoms with Gasteiger partial charge in [0.05, 0.1) is 0 Å². The monoisotopic (exact) mass is 971 g/mol. The second-order valence-electron chi connectivity index (χ2n) is 18.8. The summed E-state index contributed by atoms with van der Waals surface area (Å²) in [6, 6.07) is 0. The quantitative estimate of drug-likeness (QED) is 0.0262. The van der Waals surface area contributed by atoms with E-state index in [0.29, 0.717) is 19.3 Å². The van der Waals surface area contributed by atoms with Crippen LogP contribution in [0.3, 0.4) is 0 Å². The van der Waals surface area contributed by atoms with Crippen LogP contribution < -0.4 is 0 Å². The van der Waals surface area contributed by atoms with Gasteiger partial charge in [0.25, 0.3) is 0 Å². The van der Waals surface area contributed by atoms with Gasteiger partial charge in [-0.2, -0.15) is 0 Å². The van der Waals surface area contributed by atoms with Gasteiger partial charge in [0.15, 0.2) is 6.10 Å². The van der Waals surface area contributed by atoms with Gasteiger partial charge in [-0.3, -0.25) is 14.4 Å². The van der Waals surface area contributed by atoms with Crippen LogP contribution in [0.4, 0.5) is 0 Å². The molecule has 0 aromatic carbocycles. The Balaban J connectivity index is 4.28. The van der Waals surface area contributed by atoms with Crippen molar-refractivity contribution in [2.45, 2.75) is 264 Å². The SMILES string of the molecule is CC/C=C\C/C=C\C/C=C\C/C=C\C/C=C\C/C=C\C/C=C\C/C=C\CCCCCCC(=O)OCC(COC(=O)CCCCCCCCCC)OC(=O)CCCCCCC/C=C\CCCCCCCC. The summed E-state index contributed by atoms with van der Waals surface area (Å²) in [6.07, 6.45) is 78.1. The first-order valence-corrected chi connectivity index (χ1v) is 28.9. The minimum absolute atomic E-state index is 0.0893. The van der Waals surface area contributed by atoms with Crippen molar-refractivity contribution in [2.75, 3.05) is 13.2 Å². The molecule has 0 rings (SSSR count). The van der Waals surface area contributed by atoms with Gasteiger partial charge in [-0.25, -0.2) is 0 Å². The summed E-state index contributed by atoms with van der Waals surface area (Å²) in [5.41, 5.74) is 0. The molecule has 1 unspecified atom stereocenters. The van der Waals surface area contributed by atoms with E-state index in [-0.39, 0.29) is 31.1 Å². The molecule has 6 heteroatoms. The summed E-state index contributed by atoms with van der Waals surface area (Å²) in [4.78, 5) is 38.0. The molecule has 0 spiro atoms. The Bertz CT molecular complexity index is 1440. The average Bonchev–Trinajstić information content (AvgIpc) is 3.36. The number of esters is 3. The summed E-state index contributed by atoms with van der Waals surface area (Å²) in [6.45, 7) is 6.46. The molecule has 398 valence electrons. The number of hydrogen-bond donors (Lipinski definition) is 0. The van der Waals surface area contributed by atoms with Crippen molar-refractivity contribution in [1.29, 1.82) is 0 Å². The Morgan fingerprint density at radius 3 is 0.886 bits per heavy atom. The fourth-order valence-electron chi connectivity index (χ4n) is 7.69. The molecule has 0 saturated heterocycles. The van der Waals surface area contributed by atoms with E-state index >= 15 is 0 Å². The van der Waals surface area contributed by atoms with Crippen LogP contribution in [0, 0.1) is 0 Å². The van der Waals surface area contributed by atoms with Gasteiger partial charge < -0.3 is 14.2 Å². The second kappa shape index (κ2) is 57.6. The Hall–Kier alpha value is -3.93. The molecule has 0 aliphatic heterocycles. The van der Waals surface area contributed by atoms with Gasteiger partial charge in [-0.1, -0.05) is 239 Å². The van der Waals surface area contributed by atoms with E-state index in [1.54, 1.807) is 0 Å². The maximum atomic E-state index is 12.8. The predicted octanol–water partition coefficient (Wildman–Crippen LogP) is 19.5. The third kappa shape index (κ3) is 55.0. The highest BCUT2D eigenvalue weighted by atomic mass is 16.6. The Labute approximate surface area is 431 Å². The van der Waals surface area contributed by atoms with Crippen LogP contribution in [0.1, 0.15) is 258 Å². The molecule has 0 N–H and O–H groups in total. The molecule has 0 fully saturated rings. The zero-order valence-electron chi connectivity index (χ0n) is 45.5. The zero-order valence-corrected chi connectivity index (χ0v) is 45.5.